The van der Waals surface area contributed by atoms with Gasteiger partial charge in [-0.15, -0.1) is 0 Å². The van der Waals surface area contributed by atoms with Crippen molar-refractivity contribution < 1.29 is 9.53 Å². The van der Waals surface area contributed by atoms with E-state index in [1.165, 1.54) is 31.2 Å². The van der Waals surface area contributed by atoms with Crippen LogP contribution in [0.3, 0.4) is 0 Å². The first kappa shape index (κ1) is 19.5. The molecule has 29 heavy (non-hydrogen) atoms. The molecule has 1 N–H and O–H groups in total. The molecule has 0 radical (unpaired) electrons. The minimum absolute atomic E-state index is 0.209. The van der Waals surface area contributed by atoms with Gasteiger partial charge in [0, 0.05) is 40.8 Å². The van der Waals surface area contributed by atoms with Gasteiger partial charge in [0.1, 0.15) is 5.75 Å². The molecule has 1 aromatic carbocycles. The number of nitrogens with one attached hydrogen (secondary N) is 1. The second-order valence-electron chi connectivity index (χ2n) is 7.04. The molecule has 4 rings (SSSR count). The van der Waals surface area contributed by atoms with E-state index in [0.717, 1.165) is 24.1 Å². The van der Waals surface area contributed by atoms with E-state index < -0.39 is 0 Å². The summed E-state index contributed by atoms with van der Waals surface area (Å²) in [6.45, 7) is 1.08. The monoisotopic (exact) mass is 410 g/mol. The number of methoxy groups -OCH3 is 1. The molecule has 3 aromatic rings. The number of amides is 1. The lowest BCUT2D eigenvalue weighted by Gasteiger charge is -2.15. The summed E-state index contributed by atoms with van der Waals surface area (Å²) in [7, 11) is 1.54. The molecular formula is C22H23ClN4O2. The summed E-state index contributed by atoms with van der Waals surface area (Å²) < 4.78 is 7.31. The van der Waals surface area contributed by atoms with Crippen LogP contribution in [0.2, 0.25) is 5.02 Å². The number of halogens is 1. The van der Waals surface area contributed by atoms with E-state index in [2.05, 4.69) is 10.3 Å². The van der Waals surface area contributed by atoms with Crippen molar-refractivity contribution in [2.75, 3.05) is 13.7 Å². The number of ether oxygens (including phenoxy) is 1. The van der Waals surface area contributed by atoms with Gasteiger partial charge in [0.15, 0.2) is 0 Å². The largest absolute Gasteiger partial charge is 0.496 e. The van der Waals surface area contributed by atoms with Crippen LogP contribution in [-0.2, 0) is 19.4 Å². The highest BCUT2D eigenvalue weighted by atomic mass is 35.5. The van der Waals surface area contributed by atoms with Crippen molar-refractivity contribution in [1.29, 1.82) is 0 Å². The SMILES string of the molecule is COc1ccc(Cl)cc1C(=O)NCCn1nc(-c2ccncc2)c2c1CCCC2. The average molecular weight is 411 g/mol. The molecule has 1 aliphatic rings. The predicted molar refractivity (Wildman–Crippen MR) is 112 cm³/mol. The van der Waals surface area contributed by atoms with Crippen molar-refractivity contribution in [2.24, 2.45) is 0 Å². The number of aromatic nitrogens is 3. The van der Waals surface area contributed by atoms with Crippen LogP contribution in [0.4, 0.5) is 0 Å². The topological polar surface area (TPSA) is 69.0 Å². The molecule has 7 heteroatoms. The molecule has 0 spiro atoms. The second-order valence-corrected chi connectivity index (χ2v) is 7.48. The van der Waals surface area contributed by atoms with Gasteiger partial charge in [-0.05, 0) is 56.0 Å². The van der Waals surface area contributed by atoms with Gasteiger partial charge < -0.3 is 10.1 Å². The smallest absolute Gasteiger partial charge is 0.255 e. The van der Waals surface area contributed by atoms with Crippen molar-refractivity contribution in [3.05, 3.63) is 64.6 Å². The number of benzene rings is 1. The summed E-state index contributed by atoms with van der Waals surface area (Å²) >= 11 is 6.03. The van der Waals surface area contributed by atoms with E-state index >= 15 is 0 Å². The van der Waals surface area contributed by atoms with Gasteiger partial charge in [-0.25, -0.2) is 0 Å². The Kier molecular flexibility index (Phi) is 5.81. The first-order chi connectivity index (χ1) is 14.2. The molecule has 2 heterocycles. The van der Waals surface area contributed by atoms with Gasteiger partial charge in [0.05, 0.1) is 24.9 Å². The molecular weight excluding hydrogens is 388 g/mol. The van der Waals surface area contributed by atoms with E-state index in [9.17, 15) is 4.79 Å². The van der Waals surface area contributed by atoms with E-state index in [1.807, 2.05) is 16.8 Å². The van der Waals surface area contributed by atoms with E-state index in [0.29, 0.717) is 29.4 Å². The van der Waals surface area contributed by atoms with Crippen molar-refractivity contribution in [2.45, 2.75) is 32.2 Å². The Morgan fingerprint density at radius 2 is 2.00 bits per heavy atom. The third-order valence-corrected chi connectivity index (χ3v) is 5.46. The number of carbonyl (C=O) groups is 1. The predicted octanol–water partition coefficient (Wildman–Crippen LogP) is 3.92. The van der Waals surface area contributed by atoms with Gasteiger partial charge in [0.25, 0.3) is 5.91 Å². The molecule has 150 valence electrons. The van der Waals surface area contributed by atoms with Crippen molar-refractivity contribution >= 4 is 17.5 Å². The van der Waals surface area contributed by atoms with Gasteiger partial charge in [0.2, 0.25) is 0 Å². The Morgan fingerprint density at radius 3 is 2.79 bits per heavy atom. The molecule has 0 fully saturated rings. The Hall–Kier alpha value is -2.86. The highest BCUT2D eigenvalue weighted by Gasteiger charge is 2.21. The van der Waals surface area contributed by atoms with Crippen LogP contribution in [-0.4, -0.2) is 34.3 Å². The number of nitrogens with zero attached hydrogens (tertiary/aromatic N) is 3. The molecule has 2 aromatic heterocycles. The molecule has 0 unspecified atom stereocenters. The molecule has 0 saturated carbocycles. The number of hydrogen-bond acceptors (Lipinski definition) is 4. The quantitative estimate of drug-likeness (QED) is 0.668. The van der Waals surface area contributed by atoms with Crippen LogP contribution in [0, 0.1) is 0 Å². The van der Waals surface area contributed by atoms with Crippen LogP contribution in [0.1, 0.15) is 34.5 Å². The Labute approximate surface area is 174 Å². The third kappa shape index (κ3) is 4.12. The minimum atomic E-state index is -0.209. The van der Waals surface area contributed by atoms with Gasteiger partial charge in [-0.2, -0.15) is 5.10 Å². The standard InChI is InChI=1S/C22H23ClN4O2/c1-29-20-7-6-16(23)14-18(20)22(28)25-12-13-27-19-5-3-2-4-17(19)21(26-27)15-8-10-24-11-9-15/h6-11,14H,2-5,12-13H2,1H3,(H,25,28). The zero-order chi connectivity index (χ0) is 20.2. The first-order valence-electron chi connectivity index (χ1n) is 9.78. The number of hydrogen-bond donors (Lipinski definition) is 1. The zero-order valence-electron chi connectivity index (χ0n) is 16.3. The molecule has 0 atom stereocenters. The van der Waals surface area contributed by atoms with Gasteiger partial charge in [-0.3, -0.25) is 14.5 Å². The maximum atomic E-state index is 12.6. The number of carbonyl (C=O) groups excluding carboxylic acids is 1. The molecule has 1 aliphatic carbocycles. The van der Waals surface area contributed by atoms with Crippen LogP contribution in [0.5, 0.6) is 5.75 Å². The van der Waals surface area contributed by atoms with Crippen LogP contribution in [0.15, 0.2) is 42.7 Å². The van der Waals surface area contributed by atoms with Crippen molar-refractivity contribution in [3.8, 4) is 17.0 Å². The maximum Gasteiger partial charge on any atom is 0.255 e. The van der Waals surface area contributed by atoms with Gasteiger partial charge in [-0.1, -0.05) is 11.6 Å². The van der Waals surface area contributed by atoms with E-state index in [4.69, 9.17) is 21.4 Å². The molecule has 0 aliphatic heterocycles. The van der Waals surface area contributed by atoms with E-state index in [-0.39, 0.29) is 5.91 Å². The lowest BCUT2D eigenvalue weighted by molar-refractivity contribution is 0.0949. The summed E-state index contributed by atoms with van der Waals surface area (Å²) in [5.41, 5.74) is 5.15. The third-order valence-electron chi connectivity index (χ3n) is 5.23. The highest BCUT2D eigenvalue weighted by molar-refractivity contribution is 6.31. The van der Waals surface area contributed by atoms with Gasteiger partial charge >= 0.3 is 0 Å². The van der Waals surface area contributed by atoms with Crippen LogP contribution >= 0.6 is 11.6 Å². The fraction of sp³-hybridized carbons (Fsp3) is 0.318. The lowest BCUT2D eigenvalue weighted by atomic mass is 9.94. The second kappa shape index (κ2) is 8.66. The highest BCUT2D eigenvalue weighted by Crippen LogP contribution is 2.31. The Morgan fingerprint density at radius 1 is 1.21 bits per heavy atom. The molecule has 0 bridgehead atoms. The van der Waals surface area contributed by atoms with Crippen molar-refractivity contribution in [3.63, 3.8) is 0 Å². The Bertz CT molecular complexity index is 1020. The lowest BCUT2D eigenvalue weighted by Crippen LogP contribution is -2.28. The maximum absolute atomic E-state index is 12.6. The summed E-state index contributed by atoms with van der Waals surface area (Å²) in [5.74, 6) is 0.295. The summed E-state index contributed by atoms with van der Waals surface area (Å²) in [4.78, 5) is 16.7. The number of rotatable bonds is 6. The Balaban J connectivity index is 1.50. The van der Waals surface area contributed by atoms with Crippen LogP contribution < -0.4 is 10.1 Å². The molecule has 6 nitrogen and oxygen atoms in total. The zero-order valence-corrected chi connectivity index (χ0v) is 17.1. The number of fused-ring (bicyclic) bond motifs is 1. The molecule has 1 amide bonds. The fourth-order valence-corrected chi connectivity index (χ4v) is 4.00. The molecule has 0 saturated heterocycles. The average Bonchev–Trinajstić information content (AvgIpc) is 3.13. The first-order valence-corrected chi connectivity index (χ1v) is 10.2. The fourth-order valence-electron chi connectivity index (χ4n) is 3.83. The number of pyridine rings is 1. The minimum Gasteiger partial charge on any atom is -0.496 e. The van der Waals surface area contributed by atoms with E-state index in [1.54, 1.807) is 30.6 Å². The van der Waals surface area contributed by atoms with Crippen molar-refractivity contribution in [1.82, 2.24) is 20.1 Å². The summed E-state index contributed by atoms with van der Waals surface area (Å²) in [6.07, 6.45) is 8.00. The summed E-state index contributed by atoms with van der Waals surface area (Å²) in [6, 6.07) is 9.01. The van der Waals surface area contributed by atoms with Crippen LogP contribution in [0.25, 0.3) is 11.3 Å². The normalized spacial score (nSPS) is 13.0. The summed E-state index contributed by atoms with van der Waals surface area (Å²) in [5, 5.41) is 8.33.